The average molecular weight is 428 g/mol. The Bertz CT molecular complexity index is 987. The number of carbonyl (C=O) groups is 2. The third-order valence-electron chi connectivity index (χ3n) is 3.47. The van der Waals surface area contributed by atoms with Crippen LogP contribution in [0.2, 0.25) is 0 Å². The summed E-state index contributed by atoms with van der Waals surface area (Å²) in [6, 6.07) is 0.474. The Morgan fingerprint density at radius 1 is 1.25 bits per heavy atom. The van der Waals surface area contributed by atoms with Gasteiger partial charge in [-0.25, -0.2) is 27.7 Å². The van der Waals surface area contributed by atoms with Gasteiger partial charge in [-0.2, -0.15) is 4.98 Å². The number of ether oxygens (including phenoxy) is 2. The van der Waals surface area contributed by atoms with Gasteiger partial charge >= 0.3 is 12.0 Å². The summed E-state index contributed by atoms with van der Waals surface area (Å²) in [4.78, 5) is 31.7. The molecule has 0 aliphatic heterocycles. The number of amides is 2. The van der Waals surface area contributed by atoms with Crippen LogP contribution in [-0.4, -0.2) is 44.6 Å². The molecule has 0 unspecified atom stereocenters. The zero-order chi connectivity index (χ0) is 20.9. The lowest BCUT2D eigenvalue weighted by Gasteiger charge is -2.11. The SMILES string of the molecule is CCCc1csc(C(=O)OC)c1S(=O)(=O)NC(=O)Nc1nc(C)cc(OC)n1. The molecule has 152 valence electrons. The molecule has 0 radical (unpaired) electrons. The summed E-state index contributed by atoms with van der Waals surface area (Å²) in [7, 11) is -1.79. The number of carbonyl (C=O) groups excluding carboxylic acids is 2. The summed E-state index contributed by atoms with van der Waals surface area (Å²) >= 11 is 0.947. The third kappa shape index (κ3) is 4.95. The number of hydrogen-bond acceptors (Lipinski definition) is 9. The van der Waals surface area contributed by atoms with E-state index < -0.39 is 22.0 Å². The molecule has 0 spiro atoms. The Hall–Kier alpha value is -2.73. The summed E-state index contributed by atoms with van der Waals surface area (Å²) in [6.45, 7) is 3.53. The molecule has 0 atom stereocenters. The number of nitrogens with one attached hydrogen (secondary N) is 2. The van der Waals surface area contributed by atoms with E-state index in [0.29, 0.717) is 24.1 Å². The first-order chi connectivity index (χ1) is 13.2. The number of methoxy groups -OCH3 is 2. The van der Waals surface area contributed by atoms with Crippen LogP contribution in [0.5, 0.6) is 5.88 Å². The Kier molecular flexibility index (Phi) is 6.91. The molecule has 0 aromatic carbocycles. The van der Waals surface area contributed by atoms with Crippen LogP contribution >= 0.6 is 11.3 Å². The van der Waals surface area contributed by atoms with Crippen LogP contribution in [0, 0.1) is 6.92 Å². The molecule has 0 fully saturated rings. The molecule has 0 aliphatic carbocycles. The first-order valence-corrected chi connectivity index (χ1v) is 10.5. The van der Waals surface area contributed by atoms with Crippen molar-refractivity contribution in [3.8, 4) is 5.88 Å². The fraction of sp³-hybridized carbons (Fsp3) is 0.375. The summed E-state index contributed by atoms with van der Waals surface area (Å²) in [6.07, 6.45) is 1.08. The monoisotopic (exact) mass is 428 g/mol. The maximum atomic E-state index is 12.8. The van der Waals surface area contributed by atoms with E-state index in [0.717, 1.165) is 18.4 Å². The largest absolute Gasteiger partial charge is 0.481 e. The van der Waals surface area contributed by atoms with E-state index in [1.54, 1.807) is 18.4 Å². The second-order valence-electron chi connectivity index (χ2n) is 5.60. The zero-order valence-electron chi connectivity index (χ0n) is 15.7. The van der Waals surface area contributed by atoms with E-state index in [-0.39, 0.29) is 21.6 Å². The van der Waals surface area contributed by atoms with Crippen LogP contribution in [0.1, 0.15) is 34.3 Å². The lowest BCUT2D eigenvalue weighted by Crippen LogP contribution is -2.35. The van der Waals surface area contributed by atoms with Crippen molar-refractivity contribution < 1.29 is 27.5 Å². The lowest BCUT2D eigenvalue weighted by molar-refractivity contribution is 0.0602. The van der Waals surface area contributed by atoms with Gasteiger partial charge in [0.1, 0.15) is 9.77 Å². The van der Waals surface area contributed by atoms with Gasteiger partial charge in [0.05, 0.1) is 14.2 Å². The molecule has 0 saturated heterocycles. The molecule has 0 aliphatic rings. The van der Waals surface area contributed by atoms with Crippen molar-refractivity contribution in [2.45, 2.75) is 31.6 Å². The van der Waals surface area contributed by atoms with E-state index in [9.17, 15) is 18.0 Å². The van der Waals surface area contributed by atoms with Gasteiger partial charge in [-0.05, 0) is 24.3 Å². The predicted molar refractivity (Wildman–Crippen MR) is 102 cm³/mol. The maximum Gasteiger partial charge on any atom is 0.349 e. The van der Waals surface area contributed by atoms with Crippen LogP contribution in [-0.2, 0) is 21.2 Å². The van der Waals surface area contributed by atoms with Gasteiger partial charge in [-0.1, -0.05) is 13.3 Å². The predicted octanol–water partition coefficient (Wildman–Crippen LogP) is 2.10. The highest BCUT2D eigenvalue weighted by atomic mass is 32.2. The van der Waals surface area contributed by atoms with E-state index in [1.165, 1.54) is 7.11 Å². The quantitative estimate of drug-likeness (QED) is 0.640. The van der Waals surface area contributed by atoms with Crippen molar-refractivity contribution in [2.24, 2.45) is 0 Å². The Balaban J connectivity index is 2.30. The number of esters is 1. The summed E-state index contributed by atoms with van der Waals surface area (Å²) in [5, 5.41) is 3.81. The summed E-state index contributed by atoms with van der Waals surface area (Å²) in [5.74, 6) is -0.710. The van der Waals surface area contributed by atoms with Gasteiger partial charge in [0.15, 0.2) is 0 Å². The van der Waals surface area contributed by atoms with E-state index >= 15 is 0 Å². The fourth-order valence-corrected chi connectivity index (χ4v) is 5.05. The molecule has 10 nitrogen and oxygen atoms in total. The summed E-state index contributed by atoms with van der Waals surface area (Å²) < 4.78 is 37.1. The van der Waals surface area contributed by atoms with Gasteiger partial charge in [0, 0.05) is 11.8 Å². The number of sulfonamides is 1. The average Bonchev–Trinajstić information content (AvgIpc) is 3.05. The van der Waals surface area contributed by atoms with Crippen LogP contribution < -0.4 is 14.8 Å². The number of aromatic nitrogens is 2. The van der Waals surface area contributed by atoms with Gasteiger partial charge in [0.2, 0.25) is 11.8 Å². The second-order valence-corrected chi connectivity index (χ2v) is 8.09. The van der Waals surface area contributed by atoms with Gasteiger partial charge in [-0.3, -0.25) is 5.32 Å². The minimum Gasteiger partial charge on any atom is -0.481 e. The number of hydrogen-bond donors (Lipinski definition) is 2. The smallest absolute Gasteiger partial charge is 0.349 e. The number of urea groups is 1. The van der Waals surface area contributed by atoms with Crippen LogP contribution in [0.25, 0.3) is 0 Å². The Morgan fingerprint density at radius 2 is 1.96 bits per heavy atom. The molecule has 2 rings (SSSR count). The standard InChI is InChI=1S/C16H20N4O6S2/c1-5-6-10-8-27-12(14(21)26-4)13(10)28(23,24)20-16(22)19-15-17-9(2)7-11(18-15)25-3/h7-8H,5-6H2,1-4H3,(H2,17,18,19,20,22). The van der Waals surface area contributed by atoms with Crippen LogP contribution in [0.4, 0.5) is 10.7 Å². The van der Waals surface area contributed by atoms with Crippen LogP contribution in [0.15, 0.2) is 16.3 Å². The Morgan fingerprint density at radius 3 is 2.57 bits per heavy atom. The first kappa shape index (κ1) is 21.6. The lowest BCUT2D eigenvalue weighted by atomic mass is 10.2. The molecular weight excluding hydrogens is 408 g/mol. The van der Waals surface area contributed by atoms with Crippen molar-refractivity contribution in [1.29, 1.82) is 0 Å². The molecule has 0 saturated carbocycles. The summed E-state index contributed by atoms with van der Waals surface area (Å²) in [5.41, 5.74) is 0.947. The van der Waals surface area contributed by atoms with E-state index in [4.69, 9.17) is 4.74 Å². The van der Waals surface area contributed by atoms with Crippen LogP contribution in [0.3, 0.4) is 0 Å². The van der Waals surface area contributed by atoms with Crippen molar-refractivity contribution in [3.63, 3.8) is 0 Å². The molecule has 28 heavy (non-hydrogen) atoms. The van der Waals surface area contributed by atoms with Crippen molar-refractivity contribution in [3.05, 3.63) is 27.6 Å². The van der Waals surface area contributed by atoms with Gasteiger partial charge in [0.25, 0.3) is 10.0 Å². The van der Waals surface area contributed by atoms with E-state index in [2.05, 4.69) is 20.0 Å². The Labute approximate surface area is 166 Å². The van der Waals surface area contributed by atoms with Crippen molar-refractivity contribution >= 4 is 39.3 Å². The molecule has 2 aromatic heterocycles. The first-order valence-electron chi connectivity index (χ1n) is 8.14. The van der Waals surface area contributed by atoms with Gasteiger partial charge < -0.3 is 9.47 Å². The molecule has 2 amide bonds. The highest BCUT2D eigenvalue weighted by molar-refractivity contribution is 7.90. The molecule has 2 N–H and O–H groups in total. The third-order valence-corrected chi connectivity index (χ3v) is 6.06. The zero-order valence-corrected chi connectivity index (χ0v) is 17.4. The number of nitrogens with zero attached hydrogens (tertiary/aromatic N) is 2. The molecular formula is C16H20N4O6S2. The molecule has 12 heteroatoms. The number of rotatable bonds is 7. The van der Waals surface area contributed by atoms with E-state index in [1.807, 2.05) is 11.6 Å². The minimum absolute atomic E-state index is 0.0975. The van der Waals surface area contributed by atoms with Crippen molar-refractivity contribution in [1.82, 2.24) is 14.7 Å². The number of anilines is 1. The molecule has 2 aromatic rings. The highest BCUT2D eigenvalue weighted by Crippen LogP contribution is 2.29. The molecule has 0 bridgehead atoms. The molecule has 2 heterocycles. The van der Waals surface area contributed by atoms with Crippen molar-refractivity contribution in [2.75, 3.05) is 19.5 Å². The number of aryl methyl sites for hydroxylation is 2. The second kappa shape index (κ2) is 8.97. The normalized spacial score (nSPS) is 11.0. The number of thiophene rings is 1. The fourth-order valence-electron chi connectivity index (χ4n) is 2.35. The highest BCUT2D eigenvalue weighted by Gasteiger charge is 2.30. The minimum atomic E-state index is -4.34. The maximum absolute atomic E-state index is 12.8. The topological polar surface area (TPSA) is 137 Å². The van der Waals surface area contributed by atoms with Gasteiger partial charge in [-0.15, -0.1) is 11.3 Å².